The van der Waals surface area contributed by atoms with Crippen LogP contribution in [0.5, 0.6) is 0 Å². The lowest BCUT2D eigenvalue weighted by Crippen LogP contribution is -2.28. The molecule has 0 radical (unpaired) electrons. The number of nitrogens with one attached hydrogen (secondary N) is 1. The fraction of sp³-hybridized carbons (Fsp3) is 0.706. The standard InChI is InChI=1S/C17H31N3/c1-6-11-18-15(5)17-10-9-16(12-19-17)20(8-3)13-14(4)7-2/h9-10,12,14-15,18H,6-8,11,13H2,1-5H3. The van der Waals surface area contributed by atoms with Crippen LogP contribution in [-0.2, 0) is 0 Å². The van der Waals surface area contributed by atoms with Crippen molar-refractivity contribution < 1.29 is 0 Å². The van der Waals surface area contributed by atoms with Gasteiger partial charge in [-0.25, -0.2) is 0 Å². The van der Waals surface area contributed by atoms with E-state index in [0.29, 0.717) is 6.04 Å². The average molecular weight is 277 g/mol. The van der Waals surface area contributed by atoms with E-state index in [4.69, 9.17) is 0 Å². The summed E-state index contributed by atoms with van der Waals surface area (Å²) in [6.45, 7) is 14.3. The van der Waals surface area contributed by atoms with E-state index < -0.39 is 0 Å². The Morgan fingerprint density at radius 1 is 1.20 bits per heavy atom. The maximum absolute atomic E-state index is 4.63. The Hall–Kier alpha value is -1.09. The van der Waals surface area contributed by atoms with Crippen LogP contribution >= 0.6 is 0 Å². The van der Waals surface area contributed by atoms with Crippen LogP contribution in [0.1, 0.15) is 59.2 Å². The number of hydrogen-bond acceptors (Lipinski definition) is 3. The first-order valence-corrected chi connectivity index (χ1v) is 8.06. The van der Waals surface area contributed by atoms with Gasteiger partial charge in [0.05, 0.1) is 17.6 Å². The quantitative estimate of drug-likeness (QED) is 0.739. The monoisotopic (exact) mass is 277 g/mol. The molecule has 1 aromatic heterocycles. The molecule has 2 atom stereocenters. The minimum absolute atomic E-state index is 0.327. The van der Waals surface area contributed by atoms with Gasteiger partial charge in [0.15, 0.2) is 0 Å². The van der Waals surface area contributed by atoms with Crippen molar-refractivity contribution in [2.45, 2.75) is 53.5 Å². The van der Waals surface area contributed by atoms with Gasteiger partial charge in [-0.3, -0.25) is 4.98 Å². The predicted molar refractivity (Wildman–Crippen MR) is 88.3 cm³/mol. The molecule has 0 saturated heterocycles. The third-order valence-corrected chi connectivity index (χ3v) is 3.89. The molecule has 1 heterocycles. The first-order chi connectivity index (χ1) is 9.62. The molecule has 2 unspecified atom stereocenters. The molecule has 0 aromatic carbocycles. The largest absolute Gasteiger partial charge is 0.370 e. The Bertz CT molecular complexity index is 361. The number of rotatable bonds is 9. The highest BCUT2D eigenvalue weighted by Gasteiger charge is 2.10. The van der Waals surface area contributed by atoms with Crippen LogP contribution in [0.4, 0.5) is 5.69 Å². The van der Waals surface area contributed by atoms with Gasteiger partial charge in [0.25, 0.3) is 0 Å². The van der Waals surface area contributed by atoms with E-state index in [1.165, 1.54) is 12.1 Å². The Balaban J connectivity index is 2.68. The van der Waals surface area contributed by atoms with Crippen LogP contribution in [0, 0.1) is 5.92 Å². The molecule has 3 heteroatoms. The highest BCUT2D eigenvalue weighted by atomic mass is 15.1. The summed E-state index contributed by atoms with van der Waals surface area (Å²) in [5.41, 5.74) is 2.36. The second-order valence-electron chi connectivity index (χ2n) is 5.67. The van der Waals surface area contributed by atoms with Crippen molar-refractivity contribution in [1.29, 1.82) is 0 Å². The van der Waals surface area contributed by atoms with E-state index in [1.54, 1.807) is 0 Å². The van der Waals surface area contributed by atoms with Crippen LogP contribution in [-0.4, -0.2) is 24.6 Å². The molecule has 1 rings (SSSR count). The van der Waals surface area contributed by atoms with E-state index in [2.05, 4.69) is 62.0 Å². The van der Waals surface area contributed by atoms with Gasteiger partial charge in [-0.15, -0.1) is 0 Å². The Morgan fingerprint density at radius 2 is 1.95 bits per heavy atom. The molecule has 0 bridgehead atoms. The van der Waals surface area contributed by atoms with Crippen molar-refractivity contribution in [2.24, 2.45) is 5.92 Å². The molecule has 3 nitrogen and oxygen atoms in total. The highest BCUT2D eigenvalue weighted by molar-refractivity contribution is 5.44. The third-order valence-electron chi connectivity index (χ3n) is 3.89. The van der Waals surface area contributed by atoms with Crippen LogP contribution in [0.3, 0.4) is 0 Å². The second kappa shape index (κ2) is 8.96. The van der Waals surface area contributed by atoms with Crippen LogP contribution in [0.15, 0.2) is 18.3 Å². The fourth-order valence-electron chi connectivity index (χ4n) is 2.23. The summed E-state index contributed by atoms with van der Waals surface area (Å²) in [5, 5.41) is 3.48. The lowest BCUT2D eigenvalue weighted by atomic mass is 10.1. The predicted octanol–water partition coefficient (Wildman–Crippen LogP) is 4.01. The van der Waals surface area contributed by atoms with Gasteiger partial charge in [-0.2, -0.15) is 0 Å². The molecule has 20 heavy (non-hydrogen) atoms. The lowest BCUT2D eigenvalue weighted by molar-refractivity contribution is 0.545. The van der Waals surface area contributed by atoms with Gasteiger partial charge in [0.2, 0.25) is 0 Å². The van der Waals surface area contributed by atoms with Gasteiger partial charge in [0, 0.05) is 19.1 Å². The molecule has 0 aliphatic carbocycles. The summed E-state index contributed by atoms with van der Waals surface area (Å²) < 4.78 is 0. The van der Waals surface area contributed by atoms with E-state index in [0.717, 1.165) is 37.7 Å². The highest BCUT2D eigenvalue weighted by Crippen LogP contribution is 2.18. The Labute approximate surface area is 124 Å². The molecule has 0 fully saturated rings. The van der Waals surface area contributed by atoms with Gasteiger partial charge in [0.1, 0.15) is 0 Å². The summed E-state index contributed by atoms with van der Waals surface area (Å²) in [7, 11) is 0. The SMILES string of the molecule is CCCNC(C)c1ccc(N(CC)CC(C)CC)cn1. The summed E-state index contributed by atoms with van der Waals surface area (Å²) in [6.07, 6.45) is 4.40. The second-order valence-corrected chi connectivity index (χ2v) is 5.67. The van der Waals surface area contributed by atoms with Crippen LogP contribution in [0.2, 0.25) is 0 Å². The molecular formula is C17H31N3. The molecule has 0 aliphatic heterocycles. The molecule has 114 valence electrons. The topological polar surface area (TPSA) is 28.2 Å². The van der Waals surface area contributed by atoms with Crippen molar-refractivity contribution in [2.75, 3.05) is 24.5 Å². The van der Waals surface area contributed by atoms with Crippen LogP contribution in [0.25, 0.3) is 0 Å². The number of anilines is 1. The minimum Gasteiger partial charge on any atom is -0.370 e. The van der Waals surface area contributed by atoms with Crippen molar-refractivity contribution in [3.05, 3.63) is 24.0 Å². The maximum Gasteiger partial charge on any atom is 0.0572 e. The zero-order valence-electron chi connectivity index (χ0n) is 13.8. The molecular weight excluding hydrogens is 246 g/mol. The van der Waals surface area contributed by atoms with E-state index in [1.807, 2.05) is 6.20 Å². The minimum atomic E-state index is 0.327. The first kappa shape index (κ1) is 17.0. The van der Waals surface area contributed by atoms with Crippen molar-refractivity contribution in [3.63, 3.8) is 0 Å². The Morgan fingerprint density at radius 3 is 2.45 bits per heavy atom. The number of aromatic nitrogens is 1. The van der Waals surface area contributed by atoms with Crippen molar-refractivity contribution >= 4 is 5.69 Å². The van der Waals surface area contributed by atoms with Crippen molar-refractivity contribution in [3.8, 4) is 0 Å². The van der Waals surface area contributed by atoms with Gasteiger partial charge >= 0.3 is 0 Å². The number of pyridine rings is 1. The first-order valence-electron chi connectivity index (χ1n) is 8.06. The molecule has 0 saturated carbocycles. The molecule has 1 N–H and O–H groups in total. The zero-order valence-corrected chi connectivity index (χ0v) is 13.8. The van der Waals surface area contributed by atoms with Crippen molar-refractivity contribution in [1.82, 2.24) is 10.3 Å². The third kappa shape index (κ3) is 5.12. The lowest BCUT2D eigenvalue weighted by Gasteiger charge is -2.26. The molecule has 1 aromatic rings. The summed E-state index contributed by atoms with van der Waals surface area (Å²) in [4.78, 5) is 7.04. The van der Waals surface area contributed by atoms with Crippen LogP contribution < -0.4 is 10.2 Å². The van der Waals surface area contributed by atoms with E-state index >= 15 is 0 Å². The fourth-order valence-corrected chi connectivity index (χ4v) is 2.23. The molecule has 0 aliphatic rings. The smallest absolute Gasteiger partial charge is 0.0572 e. The van der Waals surface area contributed by atoms with E-state index in [9.17, 15) is 0 Å². The summed E-state index contributed by atoms with van der Waals surface area (Å²) in [5.74, 6) is 0.722. The normalized spacial score (nSPS) is 14.1. The van der Waals surface area contributed by atoms with E-state index in [-0.39, 0.29) is 0 Å². The molecule has 0 spiro atoms. The average Bonchev–Trinajstić information content (AvgIpc) is 2.50. The number of nitrogens with zero attached hydrogens (tertiary/aromatic N) is 2. The number of hydrogen-bond donors (Lipinski definition) is 1. The zero-order chi connectivity index (χ0) is 15.0. The summed E-state index contributed by atoms with van der Waals surface area (Å²) in [6, 6.07) is 4.69. The molecule has 0 amide bonds. The summed E-state index contributed by atoms with van der Waals surface area (Å²) >= 11 is 0. The van der Waals surface area contributed by atoms with Gasteiger partial charge in [-0.05, 0) is 44.9 Å². The van der Waals surface area contributed by atoms with Gasteiger partial charge < -0.3 is 10.2 Å². The van der Waals surface area contributed by atoms with Gasteiger partial charge in [-0.1, -0.05) is 27.2 Å². The Kier molecular flexibility index (Phi) is 7.60. The maximum atomic E-state index is 4.63.